The van der Waals surface area contributed by atoms with Crippen molar-refractivity contribution in [3.8, 4) is 5.75 Å². The Kier molecular flexibility index (Phi) is 4.51. The number of benzene rings is 1. The van der Waals surface area contributed by atoms with Gasteiger partial charge in [0.25, 0.3) is 5.69 Å². The molecule has 1 aliphatic heterocycles. The lowest BCUT2D eigenvalue weighted by molar-refractivity contribution is -0.274. The van der Waals surface area contributed by atoms with Gasteiger partial charge in [-0.15, -0.1) is 13.2 Å². The van der Waals surface area contributed by atoms with E-state index in [4.69, 9.17) is 6.57 Å². The van der Waals surface area contributed by atoms with Crippen LogP contribution in [0, 0.1) is 6.57 Å². The number of rotatable bonds is 3. The zero-order valence-corrected chi connectivity index (χ0v) is 11.1. The Hall–Kier alpha value is -2.34. The fourth-order valence-corrected chi connectivity index (χ4v) is 2.06. The predicted molar refractivity (Wildman–Crippen MR) is 69.3 cm³/mol. The summed E-state index contributed by atoms with van der Waals surface area (Å²) in [4.78, 5) is 14.9. The standard InChI is InChI=1S/C13H11F4N3O2/c1-18-11-8(3-2-4-10(11)22-13(15,16)17)20-12(21)9-5-7(14)6-19-9/h2-4,7,9,19H,5-6H2,(H,20,21)/t7-,9+/m1/s1. The van der Waals surface area contributed by atoms with Crippen LogP contribution in [0.5, 0.6) is 5.75 Å². The minimum absolute atomic E-state index is 0.0298. The van der Waals surface area contributed by atoms with Crippen LogP contribution in [0.4, 0.5) is 28.9 Å². The molecular weight excluding hydrogens is 306 g/mol. The van der Waals surface area contributed by atoms with Gasteiger partial charge in [-0.05, 0) is 12.1 Å². The summed E-state index contributed by atoms with van der Waals surface area (Å²) in [5.74, 6) is -1.32. The van der Waals surface area contributed by atoms with Crippen LogP contribution < -0.4 is 15.4 Å². The average Bonchev–Trinajstić information content (AvgIpc) is 2.84. The molecule has 1 fully saturated rings. The largest absolute Gasteiger partial charge is 0.571 e. The van der Waals surface area contributed by atoms with E-state index < -0.39 is 35.9 Å². The average molecular weight is 317 g/mol. The number of carbonyl (C=O) groups is 1. The number of amides is 1. The van der Waals surface area contributed by atoms with Crippen molar-refractivity contribution >= 4 is 17.3 Å². The van der Waals surface area contributed by atoms with Gasteiger partial charge in [0.15, 0.2) is 0 Å². The zero-order valence-electron chi connectivity index (χ0n) is 11.1. The summed E-state index contributed by atoms with van der Waals surface area (Å²) in [7, 11) is 0. The highest BCUT2D eigenvalue weighted by atomic mass is 19.4. The van der Waals surface area contributed by atoms with E-state index in [9.17, 15) is 22.4 Å². The van der Waals surface area contributed by atoms with Crippen LogP contribution in [-0.4, -0.2) is 31.0 Å². The molecular formula is C13H11F4N3O2. The highest BCUT2D eigenvalue weighted by Crippen LogP contribution is 2.38. The number of hydrogen-bond acceptors (Lipinski definition) is 3. The lowest BCUT2D eigenvalue weighted by Crippen LogP contribution is -2.35. The fourth-order valence-electron chi connectivity index (χ4n) is 2.06. The number of nitrogens with one attached hydrogen (secondary N) is 2. The quantitative estimate of drug-likeness (QED) is 0.666. The van der Waals surface area contributed by atoms with Crippen molar-refractivity contribution < 1.29 is 27.1 Å². The first kappa shape index (κ1) is 16.0. The van der Waals surface area contributed by atoms with Crippen molar-refractivity contribution in [3.05, 3.63) is 29.6 Å². The van der Waals surface area contributed by atoms with E-state index in [1.54, 1.807) is 0 Å². The lowest BCUT2D eigenvalue weighted by atomic mass is 10.2. The number of para-hydroxylation sites is 1. The molecule has 5 nitrogen and oxygen atoms in total. The van der Waals surface area contributed by atoms with Gasteiger partial charge in [-0.2, -0.15) is 0 Å². The Morgan fingerprint density at radius 3 is 2.73 bits per heavy atom. The number of carbonyl (C=O) groups excluding carboxylic acids is 1. The maximum Gasteiger partial charge on any atom is 0.571 e. The van der Waals surface area contributed by atoms with E-state index in [0.717, 1.165) is 6.07 Å². The van der Waals surface area contributed by atoms with Crippen LogP contribution in [0.2, 0.25) is 0 Å². The van der Waals surface area contributed by atoms with Crippen molar-refractivity contribution in [1.82, 2.24) is 5.32 Å². The van der Waals surface area contributed by atoms with Crippen LogP contribution in [0.1, 0.15) is 6.42 Å². The van der Waals surface area contributed by atoms with Gasteiger partial charge in [-0.1, -0.05) is 6.07 Å². The molecule has 0 aliphatic carbocycles. The van der Waals surface area contributed by atoms with E-state index in [1.807, 2.05) is 0 Å². The van der Waals surface area contributed by atoms with Gasteiger partial charge in [-0.25, -0.2) is 9.24 Å². The molecule has 0 radical (unpaired) electrons. The van der Waals surface area contributed by atoms with E-state index in [-0.39, 0.29) is 18.7 Å². The number of nitrogens with zero attached hydrogens (tertiary/aromatic N) is 1. The first-order valence-electron chi connectivity index (χ1n) is 6.24. The molecule has 118 valence electrons. The molecule has 1 aromatic carbocycles. The number of alkyl halides is 4. The summed E-state index contributed by atoms with van der Waals surface area (Å²) in [6.07, 6.45) is -6.13. The molecule has 0 unspecified atom stereocenters. The predicted octanol–water partition coefficient (Wildman–Crippen LogP) is 2.77. The fraction of sp³-hybridized carbons (Fsp3) is 0.385. The Balaban J connectivity index is 2.19. The van der Waals surface area contributed by atoms with Crippen LogP contribution in [0.3, 0.4) is 0 Å². The molecule has 1 amide bonds. The molecule has 22 heavy (non-hydrogen) atoms. The second kappa shape index (κ2) is 6.19. The lowest BCUT2D eigenvalue weighted by Gasteiger charge is -2.15. The van der Waals surface area contributed by atoms with Gasteiger partial charge in [0.2, 0.25) is 5.91 Å². The number of anilines is 1. The van der Waals surface area contributed by atoms with Crippen molar-refractivity contribution in [2.24, 2.45) is 0 Å². The van der Waals surface area contributed by atoms with Crippen molar-refractivity contribution in [2.45, 2.75) is 25.0 Å². The Morgan fingerprint density at radius 2 is 2.18 bits per heavy atom. The molecule has 0 aromatic heterocycles. The maximum absolute atomic E-state index is 13.0. The van der Waals surface area contributed by atoms with Gasteiger partial charge in [0, 0.05) is 13.0 Å². The zero-order chi connectivity index (χ0) is 16.3. The van der Waals surface area contributed by atoms with Gasteiger partial charge < -0.3 is 15.4 Å². The highest BCUT2D eigenvalue weighted by Gasteiger charge is 2.33. The second-order valence-corrected chi connectivity index (χ2v) is 4.59. The smallest absolute Gasteiger partial charge is 0.417 e. The molecule has 2 rings (SSSR count). The maximum atomic E-state index is 13.0. The molecule has 1 saturated heterocycles. The third kappa shape index (κ3) is 3.85. The molecule has 9 heteroatoms. The van der Waals surface area contributed by atoms with E-state index in [1.165, 1.54) is 12.1 Å². The molecule has 0 saturated carbocycles. The van der Waals surface area contributed by atoms with Gasteiger partial charge in [-0.3, -0.25) is 4.79 Å². The molecule has 1 heterocycles. The molecule has 2 atom stereocenters. The summed E-state index contributed by atoms with van der Waals surface area (Å²) >= 11 is 0. The minimum atomic E-state index is -4.95. The number of halogens is 4. The van der Waals surface area contributed by atoms with E-state index in [2.05, 4.69) is 20.2 Å². The van der Waals surface area contributed by atoms with Crippen molar-refractivity contribution in [3.63, 3.8) is 0 Å². The van der Waals surface area contributed by atoms with Crippen molar-refractivity contribution in [1.29, 1.82) is 0 Å². The summed E-state index contributed by atoms with van der Waals surface area (Å²) in [5, 5.41) is 4.96. The third-order valence-corrected chi connectivity index (χ3v) is 2.99. The summed E-state index contributed by atoms with van der Waals surface area (Å²) in [5.41, 5.74) is -0.589. The Labute approximate surface area is 123 Å². The minimum Gasteiger partial charge on any atom is -0.417 e. The third-order valence-electron chi connectivity index (χ3n) is 2.99. The Bertz CT molecular complexity index is 612. The number of hydrogen-bond donors (Lipinski definition) is 2. The summed E-state index contributed by atoms with van der Waals surface area (Å²) in [6, 6.07) is 2.67. The summed E-state index contributed by atoms with van der Waals surface area (Å²) < 4.78 is 53.6. The molecule has 2 N–H and O–H groups in total. The first-order valence-corrected chi connectivity index (χ1v) is 6.24. The van der Waals surface area contributed by atoms with E-state index in [0.29, 0.717) is 0 Å². The van der Waals surface area contributed by atoms with Crippen LogP contribution in [-0.2, 0) is 4.79 Å². The van der Waals surface area contributed by atoms with Crippen LogP contribution in [0.25, 0.3) is 4.85 Å². The van der Waals surface area contributed by atoms with E-state index >= 15 is 0 Å². The topological polar surface area (TPSA) is 54.7 Å². The van der Waals surface area contributed by atoms with Crippen LogP contribution >= 0.6 is 0 Å². The first-order chi connectivity index (χ1) is 10.3. The van der Waals surface area contributed by atoms with Gasteiger partial charge in [0.1, 0.15) is 11.9 Å². The summed E-state index contributed by atoms with van der Waals surface area (Å²) in [6.45, 7) is 7.00. The molecule has 0 bridgehead atoms. The van der Waals surface area contributed by atoms with Gasteiger partial charge in [0.05, 0.1) is 18.3 Å². The molecule has 0 spiro atoms. The van der Waals surface area contributed by atoms with Gasteiger partial charge >= 0.3 is 6.36 Å². The Morgan fingerprint density at radius 1 is 1.45 bits per heavy atom. The van der Waals surface area contributed by atoms with Crippen molar-refractivity contribution in [2.75, 3.05) is 11.9 Å². The highest BCUT2D eigenvalue weighted by molar-refractivity contribution is 5.98. The normalized spacial score (nSPS) is 21.2. The monoisotopic (exact) mass is 317 g/mol. The number of ether oxygens (including phenoxy) is 1. The SMILES string of the molecule is [C-]#[N+]c1c(NC(=O)[C@@H]2C[C@@H](F)CN2)cccc1OC(F)(F)F. The molecule has 1 aliphatic rings. The second-order valence-electron chi connectivity index (χ2n) is 4.59. The van der Waals surface area contributed by atoms with Crippen LogP contribution in [0.15, 0.2) is 18.2 Å². The molecule has 1 aromatic rings.